The second-order valence-electron chi connectivity index (χ2n) is 13.1. The molecular weight excluding hydrogens is 870 g/mol. The first-order valence-electron chi connectivity index (χ1n) is 18.4. The molecule has 1 saturated heterocycles. The van der Waals surface area contributed by atoms with Crippen LogP contribution < -0.4 is 34.4 Å². The summed E-state index contributed by atoms with van der Waals surface area (Å²) in [7, 11) is -16.8. The molecule has 0 radical (unpaired) electrons. The van der Waals surface area contributed by atoms with E-state index in [9.17, 15) is 47.1 Å². The van der Waals surface area contributed by atoms with Gasteiger partial charge in [-0.2, -0.15) is 8.62 Å². The molecule has 1 fully saturated rings. The van der Waals surface area contributed by atoms with E-state index in [0.717, 1.165) is 30.0 Å². The molecule has 0 spiro atoms. The molecule has 59 heavy (non-hydrogen) atoms. The topological polar surface area (TPSA) is 353 Å². The molecule has 1 aliphatic heterocycles. The number of hydrogen-bond acceptors (Lipinski definition) is 16. The van der Waals surface area contributed by atoms with Crippen molar-refractivity contribution in [1.82, 2.24) is 28.0 Å². The lowest BCUT2D eigenvalue weighted by atomic mass is 10.0. The molecule has 2 heterocycles. The Hall–Kier alpha value is -2.36. The van der Waals surface area contributed by atoms with E-state index in [2.05, 4.69) is 24.6 Å². The summed E-state index contributed by atoms with van der Waals surface area (Å²) in [6.07, 6.45) is 11.6. The predicted molar refractivity (Wildman–Crippen MR) is 216 cm³/mol. The number of unbranched alkanes of at least 4 members (excludes halogenated alkanes) is 13. The summed E-state index contributed by atoms with van der Waals surface area (Å²) in [5, 5.41) is -0.396. The monoisotopic (exact) mass is 929 g/mol. The Bertz CT molecular complexity index is 1790. The molecule has 26 heteroatoms. The van der Waals surface area contributed by atoms with E-state index in [-0.39, 0.29) is 36.4 Å². The van der Waals surface area contributed by atoms with Gasteiger partial charge in [0.05, 0.1) is 19.8 Å². The van der Waals surface area contributed by atoms with Crippen LogP contribution >= 0.6 is 35.1 Å². The standard InChI is InChI=1S/C33H51ClFN2O16P3.3H3N/c1-2-3-4-5-6-7-8-9-10-11-12-13-14-15-20-47-33(40)50-26-18-16-25(17-19-26)23-48-54(41,42)52-56(45,46)53-55(43,44)49-24-29-28(35)21-30(51-29)37-22-27(34)31(38)36-32(37)39;;;/h16-19,22,28-30H,2-15,20-21,23-24H2,1H3,(H,41,42)(H,43,44)(H,45,46)(H,36,38,39);3*1H3/t28-,29+,30+;;;/m0.../s1. The lowest BCUT2D eigenvalue weighted by Crippen LogP contribution is -2.32. The van der Waals surface area contributed by atoms with Crippen molar-refractivity contribution in [1.29, 1.82) is 0 Å². The summed E-state index contributed by atoms with van der Waals surface area (Å²) in [6, 6.07) is 5.36. The largest absolute Gasteiger partial charge is 0.513 e. The fourth-order valence-electron chi connectivity index (χ4n) is 5.56. The van der Waals surface area contributed by atoms with Crippen LogP contribution in [0.2, 0.25) is 5.02 Å². The van der Waals surface area contributed by atoms with Gasteiger partial charge in [-0.1, -0.05) is 114 Å². The van der Waals surface area contributed by atoms with Crippen LogP contribution in [0.4, 0.5) is 9.18 Å². The van der Waals surface area contributed by atoms with Gasteiger partial charge < -0.3 is 47.3 Å². The molecule has 1 aromatic carbocycles. The van der Waals surface area contributed by atoms with Crippen molar-refractivity contribution in [3.63, 3.8) is 0 Å². The van der Waals surface area contributed by atoms with Crippen LogP contribution in [0.3, 0.4) is 0 Å². The van der Waals surface area contributed by atoms with Crippen LogP contribution in [-0.2, 0) is 47.4 Å². The van der Waals surface area contributed by atoms with Crippen LogP contribution in [-0.4, -0.2) is 55.9 Å². The van der Waals surface area contributed by atoms with Crippen molar-refractivity contribution in [2.24, 2.45) is 0 Å². The van der Waals surface area contributed by atoms with Crippen molar-refractivity contribution >= 4 is 41.2 Å². The zero-order chi connectivity index (χ0) is 41.2. The van der Waals surface area contributed by atoms with Gasteiger partial charge in [0.2, 0.25) is 0 Å². The number of hydrogen-bond donors (Lipinski definition) is 7. The molecule has 0 saturated carbocycles. The molecule has 3 unspecified atom stereocenters. The summed E-state index contributed by atoms with van der Waals surface area (Å²) in [5.74, 6) is 0.0995. The summed E-state index contributed by atoms with van der Waals surface area (Å²) >= 11 is 5.69. The molecule has 2 aromatic rings. The van der Waals surface area contributed by atoms with Gasteiger partial charge in [0.15, 0.2) is 0 Å². The van der Waals surface area contributed by atoms with Crippen molar-refractivity contribution in [2.45, 2.75) is 128 Å². The zero-order valence-electron chi connectivity index (χ0n) is 33.2. The molecular formula is C33H60ClFN5O16P3. The summed E-state index contributed by atoms with van der Waals surface area (Å²) in [4.78, 5) is 67.0. The first-order valence-corrected chi connectivity index (χ1v) is 23.3. The first-order chi connectivity index (χ1) is 26.5. The van der Waals surface area contributed by atoms with Crippen LogP contribution in [0.15, 0.2) is 40.1 Å². The fraction of sp³-hybridized carbons (Fsp3) is 0.667. The van der Waals surface area contributed by atoms with E-state index < -0.39 is 84.0 Å². The number of rotatable bonds is 27. The number of H-pyrrole nitrogens is 1. The molecule has 6 atom stereocenters. The van der Waals surface area contributed by atoms with Gasteiger partial charge in [-0.25, -0.2) is 27.7 Å². The van der Waals surface area contributed by atoms with E-state index >= 15 is 0 Å². The predicted octanol–water partition coefficient (Wildman–Crippen LogP) is 8.87. The van der Waals surface area contributed by atoms with E-state index in [4.69, 9.17) is 25.8 Å². The first kappa shape index (κ1) is 56.6. The molecule has 1 aliphatic rings. The second kappa shape index (κ2) is 28.3. The van der Waals surface area contributed by atoms with Gasteiger partial charge in [0, 0.05) is 12.6 Å². The Morgan fingerprint density at radius 2 is 1.34 bits per heavy atom. The highest BCUT2D eigenvalue weighted by molar-refractivity contribution is 7.66. The van der Waals surface area contributed by atoms with Gasteiger partial charge in [-0.05, 0) is 24.1 Å². The summed E-state index contributed by atoms with van der Waals surface area (Å²) < 4.78 is 84.9. The number of ether oxygens (including phenoxy) is 3. The number of nitrogens with zero attached hydrogens (tertiary/aromatic N) is 1. The maximum Gasteiger partial charge on any atom is 0.513 e. The minimum atomic E-state index is -5.84. The lowest BCUT2D eigenvalue weighted by molar-refractivity contribution is -0.0349. The molecule has 0 aliphatic carbocycles. The summed E-state index contributed by atoms with van der Waals surface area (Å²) in [6.45, 7) is 0.703. The maximum atomic E-state index is 14.5. The number of aromatic amines is 1. The molecule has 21 nitrogen and oxygen atoms in total. The minimum absolute atomic E-state index is 0. The third kappa shape index (κ3) is 22.3. The normalized spacial score (nSPS) is 19.2. The Balaban J connectivity index is 0.0000112. The van der Waals surface area contributed by atoms with Gasteiger partial charge in [0.25, 0.3) is 5.56 Å². The number of nitrogens with one attached hydrogen (secondary N) is 1. The van der Waals surface area contributed by atoms with Gasteiger partial charge in [0.1, 0.15) is 29.3 Å². The van der Waals surface area contributed by atoms with Gasteiger partial charge >= 0.3 is 35.3 Å². The molecule has 1 aromatic heterocycles. The quantitative estimate of drug-likeness (QED) is 0.0190. The number of aromatic nitrogens is 2. The number of carbonyl (C=O) groups is 1. The molecule has 342 valence electrons. The number of halogens is 2. The van der Waals surface area contributed by atoms with Crippen molar-refractivity contribution < 1.29 is 69.4 Å². The van der Waals surface area contributed by atoms with Crippen molar-refractivity contribution in [3.05, 3.63) is 61.9 Å². The van der Waals surface area contributed by atoms with Crippen LogP contribution in [0.1, 0.15) is 115 Å². The zero-order valence-corrected chi connectivity index (χ0v) is 36.6. The van der Waals surface area contributed by atoms with Gasteiger partial charge in [-0.3, -0.25) is 23.4 Å². The van der Waals surface area contributed by atoms with E-state index in [1.807, 2.05) is 4.98 Å². The highest BCUT2D eigenvalue weighted by Gasteiger charge is 2.44. The highest BCUT2D eigenvalue weighted by Crippen LogP contribution is 2.68. The Morgan fingerprint density at radius 1 is 0.831 bits per heavy atom. The van der Waals surface area contributed by atoms with Crippen LogP contribution in [0.5, 0.6) is 5.75 Å². The number of phosphoric ester groups is 2. The number of carbonyl (C=O) groups excluding carboxylic acids is 1. The van der Waals surface area contributed by atoms with Crippen LogP contribution in [0, 0.1) is 0 Å². The van der Waals surface area contributed by atoms with Gasteiger partial charge in [-0.15, -0.1) is 0 Å². The smallest absolute Gasteiger partial charge is 0.434 e. The van der Waals surface area contributed by atoms with Crippen molar-refractivity contribution in [2.75, 3.05) is 13.2 Å². The molecule has 0 bridgehead atoms. The Morgan fingerprint density at radius 3 is 1.88 bits per heavy atom. The SMILES string of the molecule is CCCCCCCCCCCCCCCCOC(=O)Oc1ccc(COP(=O)(O)OP(=O)(O)OP(=O)(O)OC[C@H]2O[C@@H](n3cc(Cl)c(=O)[nH]c3=O)C[C@@H]2F)cc1.N.N.N. The lowest BCUT2D eigenvalue weighted by Gasteiger charge is -2.20. The Labute approximate surface area is 347 Å². The third-order valence-corrected chi connectivity index (χ3v) is 12.9. The third-order valence-electron chi connectivity index (χ3n) is 8.45. The minimum Gasteiger partial charge on any atom is -0.434 e. The average molecular weight is 930 g/mol. The second-order valence-corrected chi connectivity index (χ2v) is 18.1. The van der Waals surface area contributed by atoms with Crippen LogP contribution in [0.25, 0.3) is 0 Å². The number of benzene rings is 1. The summed E-state index contributed by atoms with van der Waals surface area (Å²) in [5.41, 5.74) is -1.64. The maximum absolute atomic E-state index is 14.5. The Kier molecular flexibility index (Phi) is 27.1. The average Bonchev–Trinajstić information content (AvgIpc) is 3.49. The number of phosphoric acid groups is 3. The molecule has 13 N–H and O–H groups in total. The van der Waals surface area contributed by atoms with E-state index in [1.54, 1.807) is 0 Å². The highest BCUT2D eigenvalue weighted by atomic mass is 35.5. The van der Waals surface area contributed by atoms with E-state index in [0.29, 0.717) is 6.42 Å². The number of alkyl halides is 1. The fourth-order valence-corrected chi connectivity index (χ4v) is 9.21. The molecule has 0 amide bonds. The van der Waals surface area contributed by atoms with E-state index in [1.165, 1.54) is 88.5 Å². The van der Waals surface area contributed by atoms with Crippen molar-refractivity contribution in [3.8, 4) is 5.75 Å². The molecule has 3 rings (SSSR count).